The van der Waals surface area contributed by atoms with Crippen LogP contribution in [0.2, 0.25) is 0 Å². The Morgan fingerprint density at radius 1 is 0.857 bits per heavy atom. The Hall–Kier alpha value is 0.670. The van der Waals surface area contributed by atoms with Gasteiger partial charge in [-0.25, -0.2) is 0 Å². The van der Waals surface area contributed by atoms with Crippen molar-refractivity contribution in [2.24, 2.45) is 0 Å². The summed E-state index contributed by atoms with van der Waals surface area (Å²) in [5.74, 6) is 0. The maximum atomic E-state index is 10.7. The standard InChI is InChI=1S/C12H23O.Na/c1-2-3-4-5-6-7-8-9-10-11-12-13;/h2-11H2,1H3;. The SMILES string of the molecule is CCCCCCCCCCC[C](=O)[Na]. The number of hydrogen-bond donors (Lipinski definition) is 0. The van der Waals surface area contributed by atoms with Crippen molar-refractivity contribution >= 4 is 31.0 Å². The van der Waals surface area contributed by atoms with E-state index in [1.807, 2.05) is 0 Å². The Balaban J connectivity index is 2.88. The summed E-state index contributed by atoms with van der Waals surface area (Å²) in [7, 11) is 0. The van der Waals surface area contributed by atoms with Gasteiger partial charge in [0.05, 0.1) is 0 Å². The predicted octanol–water partition coefficient (Wildman–Crippen LogP) is 3.60. The van der Waals surface area contributed by atoms with Crippen molar-refractivity contribution in [1.82, 2.24) is 0 Å². The van der Waals surface area contributed by atoms with Gasteiger partial charge in [0.1, 0.15) is 0 Å². The molecule has 0 bridgehead atoms. The Morgan fingerprint density at radius 3 is 1.71 bits per heavy atom. The van der Waals surface area contributed by atoms with Crippen LogP contribution in [-0.4, -0.2) is 31.0 Å². The first kappa shape index (κ1) is 14.7. The van der Waals surface area contributed by atoms with E-state index in [-0.39, 0.29) is 0 Å². The predicted molar refractivity (Wildman–Crippen MR) is 62.6 cm³/mol. The average Bonchev–Trinajstić information content (AvgIpc) is 2.15. The van der Waals surface area contributed by atoms with Gasteiger partial charge in [0.25, 0.3) is 0 Å². The molecule has 78 valence electrons. The third-order valence-electron chi connectivity index (χ3n) is 2.63. The number of carbonyl (C=O) groups excluding carboxylic acids is 1. The monoisotopic (exact) mass is 206 g/mol. The third kappa shape index (κ3) is 12.7. The molecular formula is C12H23NaO. The minimum atomic E-state index is 0.480. The van der Waals surface area contributed by atoms with Gasteiger partial charge in [-0.05, 0) is 0 Å². The molecule has 0 rings (SSSR count). The number of unbranched alkanes of at least 4 members (excludes halogenated alkanes) is 8. The van der Waals surface area contributed by atoms with Crippen LogP contribution < -0.4 is 0 Å². The number of rotatable bonds is 10. The molecule has 14 heavy (non-hydrogen) atoms. The molecule has 0 saturated heterocycles. The van der Waals surface area contributed by atoms with Crippen LogP contribution in [-0.2, 0) is 4.79 Å². The molecule has 0 spiro atoms. The molecule has 0 N–H and O–H groups in total. The number of carbonyl (C=O) groups is 1. The van der Waals surface area contributed by atoms with Gasteiger partial charge >= 0.3 is 107 Å². The van der Waals surface area contributed by atoms with Crippen LogP contribution in [0.1, 0.15) is 71.1 Å². The van der Waals surface area contributed by atoms with E-state index in [2.05, 4.69) is 6.92 Å². The van der Waals surface area contributed by atoms with E-state index in [1.165, 1.54) is 51.4 Å². The molecule has 0 aromatic carbocycles. The molecule has 0 aliphatic heterocycles. The summed E-state index contributed by atoms with van der Waals surface area (Å²) in [6.45, 7) is 2.26. The second-order valence-electron chi connectivity index (χ2n) is 4.28. The summed E-state index contributed by atoms with van der Waals surface area (Å²) >= 11 is 0.751. The van der Waals surface area contributed by atoms with Gasteiger partial charge in [-0.15, -0.1) is 0 Å². The molecule has 0 fully saturated rings. The van der Waals surface area contributed by atoms with Gasteiger partial charge in [0.2, 0.25) is 0 Å². The van der Waals surface area contributed by atoms with Crippen molar-refractivity contribution in [2.45, 2.75) is 71.1 Å². The Labute approximate surface area is 106 Å². The van der Waals surface area contributed by atoms with E-state index < -0.39 is 0 Å². The fraction of sp³-hybridized carbons (Fsp3) is 0.917. The first-order chi connectivity index (χ1) is 6.77. The maximum absolute atomic E-state index is 10.7. The molecule has 0 heterocycles. The summed E-state index contributed by atoms with van der Waals surface area (Å²) in [5, 5.41) is 0. The Morgan fingerprint density at radius 2 is 1.29 bits per heavy atom. The molecule has 0 aliphatic rings. The molecule has 0 amide bonds. The van der Waals surface area contributed by atoms with Crippen LogP contribution >= 0.6 is 0 Å². The molecule has 0 aliphatic carbocycles. The van der Waals surface area contributed by atoms with Crippen molar-refractivity contribution in [3.05, 3.63) is 0 Å². The van der Waals surface area contributed by atoms with Crippen LogP contribution in [0.15, 0.2) is 0 Å². The zero-order chi connectivity index (χ0) is 10.6. The molecule has 0 atom stereocenters. The first-order valence-electron chi connectivity index (χ1n) is 6.26. The van der Waals surface area contributed by atoms with Gasteiger partial charge < -0.3 is 0 Å². The summed E-state index contributed by atoms with van der Waals surface area (Å²) in [4.78, 5) is 10.7. The topological polar surface area (TPSA) is 17.1 Å². The molecule has 0 unspecified atom stereocenters. The molecule has 0 saturated carbocycles. The van der Waals surface area contributed by atoms with Crippen molar-refractivity contribution < 1.29 is 4.79 Å². The fourth-order valence-electron chi connectivity index (χ4n) is 1.68. The van der Waals surface area contributed by atoms with Crippen LogP contribution in [0.5, 0.6) is 0 Å². The van der Waals surface area contributed by atoms with Crippen LogP contribution in [0.3, 0.4) is 0 Å². The van der Waals surface area contributed by atoms with Crippen molar-refractivity contribution in [1.29, 1.82) is 0 Å². The summed E-state index contributed by atoms with van der Waals surface area (Å²) in [6.07, 6.45) is 12.9. The quantitative estimate of drug-likeness (QED) is 0.394. The summed E-state index contributed by atoms with van der Waals surface area (Å²) < 4.78 is 0.480. The van der Waals surface area contributed by atoms with Crippen LogP contribution in [0.25, 0.3) is 0 Å². The second kappa shape index (κ2) is 11.7. The van der Waals surface area contributed by atoms with Gasteiger partial charge in [0.15, 0.2) is 0 Å². The second-order valence-corrected chi connectivity index (χ2v) is 5.40. The van der Waals surface area contributed by atoms with E-state index in [0.717, 1.165) is 40.8 Å². The summed E-state index contributed by atoms with van der Waals surface area (Å²) in [5.41, 5.74) is 0. The van der Waals surface area contributed by atoms with Gasteiger partial charge in [-0.1, -0.05) is 0 Å². The molecule has 0 radical (unpaired) electrons. The molecule has 1 nitrogen and oxygen atoms in total. The van der Waals surface area contributed by atoms with E-state index >= 15 is 0 Å². The minimum absolute atomic E-state index is 0.480. The van der Waals surface area contributed by atoms with Gasteiger partial charge in [-0.3, -0.25) is 0 Å². The van der Waals surface area contributed by atoms with E-state index in [0.29, 0.717) is 3.03 Å². The molecule has 0 aromatic heterocycles. The zero-order valence-electron chi connectivity index (χ0n) is 9.98. The fourth-order valence-corrected chi connectivity index (χ4v) is 2.04. The van der Waals surface area contributed by atoms with Gasteiger partial charge in [0, 0.05) is 0 Å². The van der Waals surface area contributed by atoms with Crippen molar-refractivity contribution in [3.63, 3.8) is 0 Å². The molecule has 2 heteroatoms. The van der Waals surface area contributed by atoms with E-state index in [4.69, 9.17) is 0 Å². The average molecular weight is 206 g/mol. The van der Waals surface area contributed by atoms with E-state index in [1.54, 1.807) is 0 Å². The number of hydrogen-bond acceptors (Lipinski definition) is 1. The first-order valence-corrected chi connectivity index (χ1v) is 7.26. The summed E-state index contributed by atoms with van der Waals surface area (Å²) in [6, 6.07) is 0. The van der Waals surface area contributed by atoms with Crippen LogP contribution in [0.4, 0.5) is 0 Å². The zero-order valence-corrected chi connectivity index (χ0v) is 12.0. The third-order valence-corrected chi connectivity index (χ3v) is 3.13. The Kier molecular flexibility index (Phi) is 12.3. The Bertz CT molecular complexity index is 134. The normalized spacial score (nSPS) is 10.5. The van der Waals surface area contributed by atoms with Crippen molar-refractivity contribution in [2.75, 3.05) is 0 Å². The van der Waals surface area contributed by atoms with Crippen LogP contribution in [0, 0.1) is 0 Å². The van der Waals surface area contributed by atoms with Gasteiger partial charge in [-0.2, -0.15) is 0 Å². The van der Waals surface area contributed by atoms with E-state index in [9.17, 15) is 4.79 Å². The molecular weight excluding hydrogens is 183 g/mol. The molecule has 0 aromatic rings. The van der Waals surface area contributed by atoms with Crippen molar-refractivity contribution in [3.8, 4) is 0 Å².